The van der Waals surface area contributed by atoms with Gasteiger partial charge in [-0.2, -0.15) is 10.2 Å². The number of carbonyl (C=O) groups is 1. The molecule has 0 spiro atoms. The molecule has 0 saturated carbocycles. The molecule has 194 valence electrons. The van der Waals surface area contributed by atoms with Crippen LogP contribution < -0.4 is 5.32 Å². The molecule has 39 heavy (non-hydrogen) atoms. The molecule has 1 aromatic heterocycles. The zero-order chi connectivity index (χ0) is 27.2. The number of rotatable bonds is 9. The van der Waals surface area contributed by atoms with E-state index < -0.39 is 6.04 Å². The van der Waals surface area contributed by atoms with Gasteiger partial charge < -0.3 is 9.84 Å². The van der Waals surface area contributed by atoms with Crippen molar-refractivity contribution in [3.63, 3.8) is 0 Å². The zero-order valence-electron chi connectivity index (χ0n) is 22.0. The third-order valence-corrected chi connectivity index (χ3v) is 6.78. The van der Waals surface area contributed by atoms with E-state index in [2.05, 4.69) is 28.5 Å². The summed E-state index contributed by atoms with van der Waals surface area (Å²) in [4.78, 5) is 23.0. The lowest BCUT2D eigenvalue weighted by Gasteiger charge is -2.27. The number of benzene rings is 3. The molecule has 1 aliphatic rings. The molecule has 2 heterocycles. The monoisotopic (exact) mass is 515 g/mol. The summed E-state index contributed by atoms with van der Waals surface area (Å²) in [6, 6.07) is 26.7. The number of unbranched alkanes of at least 4 members (excludes halogenated alkanes) is 1. The van der Waals surface area contributed by atoms with Crippen molar-refractivity contribution in [3.05, 3.63) is 107 Å². The second kappa shape index (κ2) is 11.7. The van der Waals surface area contributed by atoms with Gasteiger partial charge in [-0.1, -0.05) is 79.2 Å². The molecule has 7 nitrogen and oxygen atoms in total. The highest BCUT2D eigenvalue weighted by molar-refractivity contribution is 6.02. The first-order valence-corrected chi connectivity index (χ1v) is 13.1. The van der Waals surface area contributed by atoms with Crippen LogP contribution in [0.4, 0.5) is 0 Å². The van der Waals surface area contributed by atoms with E-state index in [1.165, 1.54) is 0 Å². The lowest BCUT2D eigenvalue weighted by Crippen LogP contribution is -2.45. The molecule has 0 aliphatic carbocycles. The van der Waals surface area contributed by atoms with Crippen LogP contribution in [0.1, 0.15) is 54.9 Å². The first kappa shape index (κ1) is 25.8. The van der Waals surface area contributed by atoms with Crippen LogP contribution in [0.5, 0.6) is 0 Å². The van der Waals surface area contributed by atoms with Crippen LogP contribution in [0.2, 0.25) is 0 Å². The normalized spacial score (nSPS) is 14.9. The Morgan fingerprint density at radius 3 is 2.49 bits per heavy atom. The molecule has 0 amide bonds. The third kappa shape index (κ3) is 5.70. The molecule has 1 aliphatic heterocycles. The average Bonchev–Trinajstić information content (AvgIpc) is 3.48. The summed E-state index contributed by atoms with van der Waals surface area (Å²) < 4.78 is 5.43. The molecular formula is C32H29N5O2. The van der Waals surface area contributed by atoms with E-state index in [-0.39, 0.29) is 11.6 Å². The van der Waals surface area contributed by atoms with Crippen LogP contribution in [0.15, 0.2) is 99.6 Å². The van der Waals surface area contributed by atoms with Crippen molar-refractivity contribution in [1.82, 2.24) is 15.5 Å². The Morgan fingerprint density at radius 2 is 1.74 bits per heavy atom. The number of allylic oxidation sites excluding steroid dienone is 1. The van der Waals surface area contributed by atoms with Crippen molar-refractivity contribution in [2.24, 2.45) is 4.99 Å². The maximum atomic E-state index is 13.8. The minimum absolute atomic E-state index is 0.0388. The molecule has 1 atom stereocenters. The minimum atomic E-state index is -0.644. The predicted octanol–water partition coefficient (Wildman–Crippen LogP) is 6.54. The second-order valence-corrected chi connectivity index (χ2v) is 9.53. The molecule has 3 aromatic carbocycles. The molecule has 0 radical (unpaired) electrons. The van der Waals surface area contributed by atoms with Gasteiger partial charge in [0.2, 0.25) is 11.6 Å². The van der Waals surface area contributed by atoms with Gasteiger partial charge >= 0.3 is 0 Å². The first-order chi connectivity index (χ1) is 19.1. The van der Waals surface area contributed by atoms with Crippen LogP contribution in [-0.4, -0.2) is 27.8 Å². The zero-order valence-corrected chi connectivity index (χ0v) is 22.0. The summed E-state index contributed by atoms with van der Waals surface area (Å²) in [5, 5.41) is 16.8. The SMILES string of the molecule is CCCCC1=C(Cc2ccc(-c3ccccc3C#N)cc2)C(C(=O)c2noc(-c3ccccc3)n2)NC(C)=N1. The highest BCUT2D eigenvalue weighted by Crippen LogP contribution is 2.29. The predicted molar refractivity (Wildman–Crippen MR) is 151 cm³/mol. The third-order valence-electron chi connectivity index (χ3n) is 6.78. The maximum absolute atomic E-state index is 13.8. The van der Waals surface area contributed by atoms with Gasteiger partial charge in [0.05, 0.1) is 17.5 Å². The van der Waals surface area contributed by atoms with Gasteiger partial charge in [0.1, 0.15) is 6.04 Å². The van der Waals surface area contributed by atoms with Gasteiger partial charge in [-0.3, -0.25) is 4.79 Å². The van der Waals surface area contributed by atoms with Crippen LogP contribution in [0.25, 0.3) is 22.6 Å². The molecule has 0 bridgehead atoms. The Morgan fingerprint density at radius 1 is 1.00 bits per heavy atom. The molecule has 1 N–H and O–H groups in total. The highest BCUT2D eigenvalue weighted by Gasteiger charge is 2.33. The summed E-state index contributed by atoms with van der Waals surface area (Å²) in [5.74, 6) is 0.791. The number of hydrogen-bond donors (Lipinski definition) is 1. The summed E-state index contributed by atoms with van der Waals surface area (Å²) in [7, 11) is 0. The van der Waals surface area contributed by atoms with Gasteiger partial charge in [-0.15, -0.1) is 0 Å². The van der Waals surface area contributed by atoms with Crippen molar-refractivity contribution in [1.29, 1.82) is 5.26 Å². The standard InChI is InChI=1S/C32H29N5O2/c1-3-4-14-28-27(19-22-15-17-23(18-16-22)26-13-9-8-12-25(26)20-33)29(35-21(2)34-28)30(38)31-36-32(39-37-31)24-10-6-5-7-11-24/h5-13,15-18,29H,3-4,14,19H2,1-2H3,(H,34,35). The smallest absolute Gasteiger partial charge is 0.258 e. The highest BCUT2D eigenvalue weighted by atomic mass is 16.5. The number of nitrogens with one attached hydrogen (secondary N) is 1. The van der Waals surface area contributed by atoms with E-state index >= 15 is 0 Å². The molecule has 0 saturated heterocycles. The van der Waals surface area contributed by atoms with Crippen molar-refractivity contribution in [2.75, 3.05) is 0 Å². The number of ketones is 1. The van der Waals surface area contributed by atoms with Gasteiger partial charge in [-0.05, 0) is 66.6 Å². The largest absolute Gasteiger partial charge is 0.360 e. The second-order valence-electron chi connectivity index (χ2n) is 9.53. The average molecular weight is 516 g/mol. The van der Waals surface area contributed by atoms with Crippen LogP contribution >= 0.6 is 0 Å². The lowest BCUT2D eigenvalue weighted by atomic mass is 9.90. The Kier molecular flexibility index (Phi) is 7.74. The number of amidine groups is 1. The first-order valence-electron chi connectivity index (χ1n) is 13.1. The Labute approximate surface area is 227 Å². The summed E-state index contributed by atoms with van der Waals surface area (Å²) in [5.41, 5.74) is 6.15. The topological polar surface area (TPSA) is 104 Å². The Hall–Kier alpha value is -4.83. The summed E-state index contributed by atoms with van der Waals surface area (Å²) >= 11 is 0. The van der Waals surface area contributed by atoms with Crippen LogP contribution in [0.3, 0.4) is 0 Å². The number of nitrogens with zero attached hydrogens (tertiary/aromatic N) is 4. The number of hydrogen-bond acceptors (Lipinski definition) is 7. The van der Waals surface area contributed by atoms with Crippen molar-refractivity contribution >= 4 is 11.6 Å². The fourth-order valence-electron chi connectivity index (χ4n) is 4.76. The van der Waals surface area contributed by atoms with E-state index in [1.807, 2.05) is 85.8 Å². The number of Topliss-reactive ketones (excluding diaryl/α,β-unsaturated/α-hetero) is 1. The summed E-state index contributed by atoms with van der Waals surface area (Å²) in [6.45, 7) is 4.01. The molecule has 0 fully saturated rings. The van der Waals surface area contributed by atoms with E-state index in [9.17, 15) is 10.1 Å². The fourth-order valence-corrected chi connectivity index (χ4v) is 4.76. The minimum Gasteiger partial charge on any atom is -0.360 e. The Balaban J connectivity index is 1.46. The van der Waals surface area contributed by atoms with Crippen molar-refractivity contribution in [2.45, 2.75) is 45.6 Å². The number of nitriles is 1. The van der Waals surface area contributed by atoms with E-state index in [4.69, 9.17) is 9.52 Å². The van der Waals surface area contributed by atoms with E-state index in [0.29, 0.717) is 23.7 Å². The molecular weight excluding hydrogens is 486 g/mol. The van der Waals surface area contributed by atoms with Gasteiger partial charge in [0, 0.05) is 11.3 Å². The lowest BCUT2D eigenvalue weighted by molar-refractivity contribution is 0.0951. The van der Waals surface area contributed by atoms with Gasteiger partial charge in [0.15, 0.2) is 0 Å². The maximum Gasteiger partial charge on any atom is 0.258 e. The van der Waals surface area contributed by atoms with Crippen molar-refractivity contribution < 1.29 is 9.32 Å². The molecule has 1 unspecified atom stereocenters. The van der Waals surface area contributed by atoms with Crippen LogP contribution in [-0.2, 0) is 6.42 Å². The Bertz CT molecular complexity index is 1580. The summed E-state index contributed by atoms with van der Waals surface area (Å²) in [6.07, 6.45) is 3.32. The number of carbonyl (C=O) groups excluding carboxylic acids is 1. The van der Waals surface area contributed by atoms with Gasteiger partial charge in [-0.25, -0.2) is 4.99 Å². The molecule has 4 aromatic rings. The quantitative estimate of drug-likeness (QED) is 0.254. The molecule has 5 rings (SSSR count). The van der Waals surface area contributed by atoms with E-state index in [0.717, 1.165) is 52.8 Å². The van der Waals surface area contributed by atoms with Gasteiger partial charge in [0.25, 0.3) is 5.89 Å². The molecule has 7 heteroatoms. The number of aliphatic imine (C=N–C) groups is 1. The van der Waals surface area contributed by atoms with E-state index in [1.54, 1.807) is 0 Å². The van der Waals surface area contributed by atoms with Crippen molar-refractivity contribution in [3.8, 4) is 28.7 Å². The van der Waals surface area contributed by atoms with Crippen LogP contribution in [0, 0.1) is 11.3 Å². The fraction of sp³-hybridized carbons (Fsp3) is 0.219. The number of aromatic nitrogens is 2.